The van der Waals surface area contributed by atoms with Crippen LogP contribution in [-0.2, 0) is 0 Å². The molecule has 0 fully saturated rings. The molecule has 1 aromatic heterocycles. The van der Waals surface area contributed by atoms with E-state index in [-0.39, 0.29) is 4.47 Å². The molecule has 0 aliphatic carbocycles. The van der Waals surface area contributed by atoms with Crippen LogP contribution in [0.1, 0.15) is 12.1 Å². The van der Waals surface area contributed by atoms with E-state index in [9.17, 15) is 13.2 Å². The van der Waals surface area contributed by atoms with Crippen LogP contribution in [0.25, 0.3) is 0 Å². The van der Waals surface area contributed by atoms with Crippen molar-refractivity contribution in [1.29, 1.82) is 0 Å². The number of pyridine rings is 1. The van der Waals surface area contributed by atoms with Crippen molar-refractivity contribution in [2.75, 3.05) is 0 Å². The number of halogens is 4. The molecule has 0 N–H and O–H groups in total. The third-order valence-corrected chi connectivity index (χ3v) is 1.72. The second-order valence-electron chi connectivity index (χ2n) is 1.80. The molecular weight excluding hydrogens is 223 g/mol. The first-order valence-corrected chi connectivity index (χ1v) is 3.50. The third kappa shape index (κ3) is 1.92. The van der Waals surface area contributed by atoms with Gasteiger partial charge in [0.2, 0.25) is 5.95 Å². The second-order valence-corrected chi connectivity index (χ2v) is 2.66. The van der Waals surface area contributed by atoms with Gasteiger partial charge in [-0.1, -0.05) is 0 Å². The Morgan fingerprint density at radius 3 is 2.45 bits per heavy atom. The summed E-state index contributed by atoms with van der Waals surface area (Å²) in [4.78, 5) is 3.01. The minimum absolute atomic E-state index is 0.119. The number of nitrogens with zero attached hydrogens (tertiary/aromatic N) is 1. The van der Waals surface area contributed by atoms with Gasteiger partial charge >= 0.3 is 0 Å². The van der Waals surface area contributed by atoms with Crippen molar-refractivity contribution >= 4 is 15.9 Å². The van der Waals surface area contributed by atoms with Crippen molar-refractivity contribution in [2.45, 2.75) is 6.43 Å². The van der Waals surface area contributed by atoms with Gasteiger partial charge in [0, 0.05) is 4.47 Å². The predicted octanol–water partition coefficient (Wildman–Crippen LogP) is 2.92. The van der Waals surface area contributed by atoms with E-state index in [1.54, 1.807) is 0 Å². The van der Waals surface area contributed by atoms with E-state index in [1.807, 2.05) is 0 Å². The molecule has 0 atom stereocenters. The Kier molecular flexibility index (Phi) is 2.49. The molecule has 1 aromatic rings. The first-order valence-electron chi connectivity index (χ1n) is 2.71. The van der Waals surface area contributed by atoms with Gasteiger partial charge in [-0.05, 0) is 28.1 Å². The fourth-order valence-electron chi connectivity index (χ4n) is 0.586. The van der Waals surface area contributed by atoms with Crippen LogP contribution in [0.3, 0.4) is 0 Å². The summed E-state index contributed by atoms with van der Waals surface area (Å²) in [5, 5.41) is 0. The Balaban J connectivity index is 3.13. The first-order chi connectivity index (χ1) is 5.11. The minimum Gasteiger partial charge on any atom is -0.218 e. The van der Waals surface area contributed by atoms with Crippen molar-refractivity contribution < 1.29 is 13.2 Å². The molecule has 1 rings (SSSR count). The third-order valence-electron chi connectivity index (χ3n) is 1.05. The summed E-state index contributed by atoms with van der Waals surface area (Å²) in [6.07, 6.45) is -2.75. The molecule has 60 valence electrons. The fourth-order valence-corrected chi connectivity index (χ4v) is 0.980. The average Bonchev–Trinajstić information content (AvgIpc) is 1.94. The Labute approximate surface area is 69.4 Å². The van der Waals surface area contributed by atoms with E-state index in [0.717, 1.165) is 6.07 Å². The van der Waals surface area contributed by atoms with Crippen LogP contribution in [0.4, 0.5) is 13.2 Å². The maximum atomic E-state index is 12.2. The molecule has 1 heterocycles. The summed E-state index contributed by atoms with van der Waals surface area (Å²) in [5.74, 6) is -0.900. The molecule has 0 spiro atoms. The number of rotatable bonds is 1. The van der Waals surface area contributed by atoms with Gasteiger partial charge in [0.05, 0.1) is 0 Å². The second kappa shape index (κ2) is 3.21. The molecule has 0 saturated carbocycles. The molecule has 0 radical (unpaired) electrons. The summed E-state index contributed by atoms with van der Waals surface area (Å²) in [5.41, 5.74) is -0.565. The summed E-state index contributed by atoms with van der Waals surface area (Å²) in [7, 11) is 0. The molecule has 0 amide bonds. The van der Waals surface area contributed by atoms with E-state index < -0.39 is 18.1 Å². The highest BCUT2D eigenvalue weighted by atomic mass is 79.9. The average molecular weight is 226 g/mol. The van der Waals surface area contributed by atoms with Crippen molar-refractivity contribution in [2.24, 2.45) is 0 Å². The van der Waals surface area contributed by atoms with Gasteiger partial charge in [0.1, 0.15) is 5.69 Å². The monoisotopic (exact) mass is 225 g/mol. The van der Waals surface area contributed by atoms with Gasteiger partial charge in [-0.15, -0.1) is 0 Å². The van der Waals surface area contributed by atoms with Crippen LogP contribution in [0.15, 0.2) is 16.6 Å². The molecule has 0 bridgehead atoms. The molecule has 0 aromatic carbocycles. The van der Waals surface area contributed by atoms with E-state index in [2.05, 4.69) is 20.9 Å². The lowest BCUT2D eigenvalue weighted by atomic mass is 10.4. The molecule has 11 heavy (non-hydrogen) atoms. The summed E-state index contributed by atoms with van der Waals surface area (Å²) < 4.78 is 36.3. The van der Waals surface area contributed by atoms with Gasteiger partial charge in [0.15, 0.2) is 0 Å². The van der Waals surface area contributed by atoms with Crippen molar-refractivity contribution in [1.82, 2.24) is 4.98 Å². The van der Waals surface area contributed by atoms with Crippen LogP contribution in [0.5, 0.6) is 0 Å². The Morgan fingerprint density at radius 1 is 1.36 bits per heavy atom. The van der Waals surface area contributed by atoms with Gasteiger partial charge in [-0.3, -0.25) is 0 Å². The largest absolute Gasteiger partial charge is 0.281 e. The predicted molar refractivity (Wildman–Crippen MR) is 36.9 cm³/mol. The van der Waals surface area contributed by atoms with Crippen molar-refractivity contribution in [3.63, 3.8) is 0 Å². The van der Waals surface area contributed by atoms with Crippen LogP contribution < -0.4 is 0 Å². The zero-order valence-corrected chi connectivity index (χ0v) is 6.78. The number of aromatic nitrogens is 1. The molecule has 0 unspecified atom stereocenters. The highest BCUT2D eigenvalue weighted by molar-refractivity contribution is 9.10. The van der Waals surface area contributed by atoms with Crippen LogP contribution in [-0.4, -0.2) is 4.98 Å². The standard InChI is InChI=1S/C6H3BrF3N/c7-3-1-2-4(8)11-5(3)6(9)10/h1-2,6H. The Morgan fingerprint density at radius 2 is 2.00 bits per heavy atom. The summed E-state index contributed by atoms with van der Waals surface area (Å²) >= 11 is 2.82. The molecule has 5 heteroatoms. The Bertz CT molecular complexity index is 264. The molecular formula is C6H3BrF3N. The van der Waals surface area contributed by atoms with E-state index in [0.29, 0.717) is 0 Å². The highest BCUT2D eigenvalue weighted by Gasteiger charge is 2.13. The maximum absolute atomic E-state index is 12.2. The summed E-state index contributed by atoms with van der Waals surface area (Å²) in [6, 6.07) is 2.21. The smallest absolute Gasteiger partial charge is 0.218 e. The van der Waals surface area contributed by atoms with E-state index in [1.165, 1.54) is 6.07 Å². The van der Waals surface area contributed by atoms with Gasteiger partial charge < -0.3 is 0 Å². The SMILES string of the molecule is Fc1ccc(Br)c(C(F)F)n1. The molecule has 1 nitrogen and oxygen atoms in total. The van der Waals surface area contributed by atoms with Crippen LogP contribution >= 0.6 is 15.9 Å². The van der Waals surface area contributed by atoms with Gasteiger partial charge in [0.25, 0.3) is 6.43 Å². The van der Waals surface area contributed by atoms with Crippen LogP contribution in [0.2, 0.25) is 0 Å². The lowest BCUT2D eigenvalue weighted by Crippen LogP contribution is -1.93. The van der Waals surface area contributed by atoms with E-state index >= 15 is 0 Å². The molecule has 0 aliphatic rings. The summed E-state index contributed by atoms with van der Waals surface area (Å²) in [6.45, 7) is 0. The van der Waals surface area contributed by atoms with Gasteiger partial charge in [-0.25, -0.2) is 13.8 Å². The van der Waals surface area contributed by atoms with E-state index in [4.69, 9.17) is 0 Å². The number of hydrogen-bond acceptors (Lipinski definition) is 1. The normalized spacial score (nSPS) is 10.6. The lowest BCUT2D eigenvalue weighted by Gasteiger charge is -2.00. The topological polar surface area (TPSA) is 12.9 Å². The Hall–Kier alpha value is -0.580. The van der Waals surface area contributed by atoms with Crippen LogP contribution in [0, 0.1) is 5.95 Å². The first kappa shape index (κ1) is 8.52. The maximum Gasteiger partial charge on any atom is 0.281 e. The fraction of sp³-hybridized carbons (Fsp3) is 0.167. The quantitative estimate of drug-likeness (QED) is 0.671. The van der Waals surface area contributed by atoms with Crippen molar-refractivity contribution in [3.05, 3.63) is 28.2 Å². The molecule has 0 saturated heterocycles. The van der Waals surface area contributed by atoms with Crippen molar-refractivity contribution in [3.8, 4) is 0 Å². The number of alkyl halides is 2. The zero-order valence-electron chi connectivity index (χ0n) is 5.19. The number of hydrogen-bond donors (Lipinski definition) is 0. The minimum atomic E-state index is -2.75. The highest BCUT2D eigenvalue weighted by Crippen LogP contribution is 2.24. The zero-order chi connectivity index (χ0) is 8.43. The molecule has 0 aliphatic heterocycles. The lowest BCUT2D eigenvalue weighted by molar-refractivity contribution is 0.144. The van der Waals surface area contributed by atoms with Gasteiger partial charge in [-0.2, -0.15) is 4.39 Å².